The Labute approximate surface area is 177 Å². The smallest absolute Gasteiger partial charge is 0.241 e. The third-order valence-corrected chi connectivity index (χ3v) is 6.40. The summed E-state index contributed by atoms with van der Waals surface area (Å²) in [5, 5.41) is 8.48. The molecule has 30 heavy (non-hydrogen) atoms. The van der Waals surface area contributed by atoms with Crippen molar-refractivity contribution >= 4 is 17.6 Å². The van der Waals surface area contributed by atoms with Crippen LogP contribution in [0.5, 0.6) is 0 Å². The molecule has 0 aliphatic carbocycles. The van der Waals surface area contributed by atoms with Gasteiger partial charge in [-0.05, 0) is 49.4 Å². The Morgan fingerprint density at radius 2 is 1.77 bits per heavy atom. The molecule has 1 spiro atoms. The molecule has 2 aliphatic rings. The molecular formula is C23H29N5O2. The van der Waals surface area contributed by atoms with E-state index in [4.69, 9.17) is 0 Å². The Balaban J connectivity index is 1.60. The number of aromatic nitrogens is 2. The quantitative estimate of drug-likeness (QED) is 0.779. The number of piperidine rings is 1. The minimum absolute atomic E-state index is 0.0507. The van der Waals surface area contributed by atoms with Gasteiger partial charge in [-0.15, -0.1) is 5.10 Å². The van der Waals surface area contributed by atoms with E-state index in [1.807, 2.05) is 31.2 Å². The maximum absolute atomic E-state index is 13.7. The van der Waals surface area contributed by atoms with E-state index in [2.05, 4.69) is 27.2 Å². The molecule has 2 amide bonds. The molecule has 7 nitrogen and oxygen atoms in total. The van der Waals surface area contributed by atoms with Gasteiger partial charge in [0.05, 0.1) is 11.1 Å². The van der Waals surface area contributed by atoms with Gasteiger partial charge in [0, 0.05) is 33.7 Å². The second kappa shape index (κ2) is 8.05. The van der Waals surface area contributed by atoms with Gasteiger partial charge in [-0.25, -0.2) is 0 Å². The number of aryl methyl sites for hydroxylation is 1. The van der Waals surface area contributed by atoms with E-state index in [9.17, 15) is 9.59 Å². The van der Waals surface area contributed by atoms with Crippen LogP contribution in [-0.2, 0) is 22.6 Å². The molecule has 0 bridgehead atoms. The molecule has 0 N–H and O–H groups in total. The highest BCUT2D eigenvalue weighted by molar-refractivity contribution is 5.89. The van der Waals surface area contributed by atoms with Gasteiger partial charge in [-0.2, -0.15) is 5.10 Å². The van der Waals surface area contributed by atoms with E-state index in [1.54, 1.807) is 23.9 Å². The Bertz CT molecular complexity index is 933. The predicted octanol–water partition coefficient (Wildman–Crippen LogP) is 2.04. The molecule has 3 heterocycles. The molecule has 158 valence electrons. The van der Waals surface area contributed by atoms with Crippen LogP contribution in [-0.4, -0.2) is 65.5 Å². The van der Waals surface area contributed by atoms with Crippen molar-refractivity contribution in [2.45, 2.75) is 32.7 Å². The largest absolute Gasteiger partial charge is 0.355 e. The lowest BCUT2D eigenvalue weighted by molar-refractivity contribution is -0.148. The summed E-state index contributed by atoms with van der Waals surface area (Å²) in [7, 11) is 3.46. The van der Waals surface area contributed by atoms with E-state index in [0.717, 1.165) is 49.4 Å². The fraction of sp³-hybridized carbons (Fsp3) is 0.478. The Hall–Kier alpha value is -2.96. The summed E-state index contributed by atoms with van der Waals surface area (Å²) in [6, 6.07) is 12.2. The van der Waals surface area contributed by atoms with Gasteiger partial charge in [0.1, 0.15) is 6.54 Å². The number of carbonyl (C=O) groups excluding carboxylic acids is 2. The van der Waals surface area contributed by atoms with Gasteiger partial charge in [0.25, 0.3) is 0 Å². The first-order chi connectivity index (χ1) is 14.4. The number of anilines is 1. The molecule has 1 aromatic heterocycles. The number of nitrogens with zero attached hydrogens (tertiary/aromatic N) is 5. The second-order valence-electron chi connectivity index (χ2n) is 8.70. The summed E-state index contributed by atoms with van der Waals surface area (Å²) < 4.78 is 0. The maximum Gasteiger partial charge on any atom is 0.241 e. The van der Waals surface area contributed by atoms with Crippen molar-refractivity contribution in [3.8, 4) is 0 Å². The Kier molecular flexibility index (Phi) is 5.45. The first-order valence-corrected chi connectivity index (χ1v) is 10.5. The maximum atomic E-state index is 13.7. The average molecular weight is 408 g/mol. The van der Waals surface area contributed by atoms with Gasteiger partial charge in [0.15, 0.2) is 5.82 Å². The van der Waals surface area contributed by atoms with E-state index < -0.39 is 5.41 Å². The normalized spacial score (nSPS) is 18.2. The lowest BCUT2D eigenvalue weighted by atomic mass is 9.73. The van der Waals surface area contributed by atoms with Crippen LogP contribution in [0, 0.1) is 12.3 Å². The average Bonchev–Trinajstić information content (AvgIpc) is 2.85. The zero-order valence-electron chi connectivity index (χ0n) is 18.0. The van der Waals surface area contributed by atoms with E-state index in [1.165, 1.54) is 5.56 Å². The van der Waals surface area contributed by atoms with Gasteiger partial charge in [-0.1, -0.05) is 24.3 Å². The van der Waals surface area contributed by atoms with Crippen LogP contribution < -0.4 is 4.90 Å². The molecule has 1 aromatic carbocycles. The number of hydrogen-bond acceptors (Lipinski definition) is 5. The lowest BCUT2D eigenvalue weighted by Gasteiger charge is -2.42. The SMILES string of the molecule is Cc1ccc(N2CCC3(CC2)Cc2ccccc2CN(CC(=O)N(C)C)C3=O)nn1. The second-order valence-corrected chi connectivity index (χ2v) is 8.70. The number of fused-ring (bicyclic) bond motifs is 1. The van der Waals surface area contributed by atoms with Crippen molar-refractivity contribution in [1.82, 2.24) is 20.0 Å². The summed E-state index contributed by atoms with van der Waals surface area (Å²) in [5.74, 6) is 0.908. The molecule has 4 rings (SSSR count). The van der Waals surface area contributed by atoms with Crippen molar-refractivity contribution in [1.29, 1.82) is 0 Å². The molecule has 2 aliphatic heterocycles. The van der Waals surface area contributed by atoms with E-state index in [0.29, 0.717) is 6.54 Å². The molecule has 0 atom stereocenters. The molecule has 2 aromatic rings. The summed E-state index contributed by atoms with van der Waals surface area (Å²) in [6.07, 6.45) is 2.20. The van der Waals surface area contributed by atoms with Gasteiger partial charge >= 0.3 is 0 Å². The highest BCUT2D eigenvalue weighted by Gasteiger charge is 2.46. The molecule has 1 saturated heterocycles. The molecular weight excluding hydrogens is 378 g/mol. The summed E-state index contributed by atoms with van der Waals surface area (Å²) in [6.45, 7) is 4.04. The Morgan fingerprint density at radius 3 is 2.40 bits per heavy atom. The summed E-state index contributed by atoms with van der Waals surface area (Å²) in [4.78, 5) is 31.7. The van der Waals surface area contributed by atoms with Crippen molar-refractivity contribution in [3.63, 3.8) is 0 Å². The Morgan fingerprint density at radius 1 is 1.07 bits per heavy atom. The minimum atomic E-state index is -0.478. The molecule has 7 heteroatoms. The number of benzene rings is 1. The molecule has 1 fully saturated rings. The monoisotopic (exact) mass is 407 g/mol. The lowest BCUT2D eigenvalue weighted by Crippen LogP contribution is -2.52. The fourth-order valence-corrected chi connectivity index (χ4v) is 4.48. The highest BCUT2D eigenvalue weighted by Crippen LogP contribution is 2.41. The van der Waals surface area contributed by atoms with Crippen molar-refractivity contribution in [2.75, 3.05) is 38.6 Å². The zero-order chi connectivity index (χ0) is 21.3. The van der Waals surface area contributed by atoms with Crippen LogP contribution in [0.2, 0.25) is 0 Å². The summed E-state index contributed by atoms with van der Waals surface area (Å²) in [5.41, 5.74) is 2.77. The molecule has 0 radical (unpaired) electrons. The zero-order valence-corrected chi connectivity index (χ0v) is 18.0. The van der Waals surface area contributed by atoms with Gasteiger partial charge < -0.3 is 14.7 Å². The van der Waals surface area contributed by atoms with Crippen LogP contribution >= 0.6 is 0 Å². The van der Waals surface area contributed by atoms with Crippen LogP contribution in [0.4, 0.5) is 5.82 Å². The number of hydrogen-bond donors (Lipinski definition) is 0. The number of rotatable bonds is 3. The van der Waals surface area contributed by atoms with Crippen LogP contribution in [0.3, 0.4) is 0 Å². The third-order valence-electron chi connectivity index (χ3n) is 6.40. The van der Waals surface area contributed by atoms with Crippen LogP contribution in [0.25, 0.3) is 0 Å². The fourth-order valence-electron chi connectivity index (χ4n) is 4.48. The molecule has 0 unspecified atom stereocenters. The highest BCUT2D eigenvalue weighted by atomic mass is 16.2. The van der Waals surface area contributed by atoms with E-state index >= 15 is 0 Å². The number of likely N-dealkylation sites (N-methyl/N-ethyl adjacent to an activating group) is 1. The van der Waals surface area contributed by atoms with Crippen molar-refractivity contribution < 1.29 is 9.59 Å². The number of amides is 2. The van der Waals surface area contributed by atoms with Crippen molar-refractivity contribution in [3.05, 3.63) is 53.2 Å². The van der Waals surface area contributed by atoms with Gasteiger partial charge in [-0.3, -0.25) is 9.59 Å². The van der Waals surface area contributed by atoms with Crippen molar-refractivity contribution in [2.24, 2.45) is 5.41 Å². The predicted molar refractivity (Wildman–Crippen MR) is 115 cm³/mol. The van der Waals surface area contributed by atoms with Crippen LogP contribution in [0.1, 0.15) is 29.7 Å². The molecule has 0 saturated carbocycles. The topological polar surface area (TPSA) is 69.6 Å². The standard InChI is InChI=1S/C23H29N5O2/c1-17-8-9-20(25-24-17)27-12-10-23(11-13-27)14-18-6-4-5-7-19(18)15-28(22(23)30)16-21(29)26(2)3/h4-9H,10-16H2,1-3H3. The first-order valence-electron chi connectivity index (χ1n) is 10.5. The first kappa shape index (κ1) is 20.3. The van der Waals surface area contributed by atoms with Gasteiger partial charge in [0.2, 0.25) is 11.8 Å². The number of carbonyl (C=O) groups is 2. The minimum Gasteiger partial charge on any atom is -0.355 e. The summed E-state index contributed by atoms with van der Waals surface area (Å²) >= 11 is 0. The van der Waals surface area contributed by atoms with Crippen LogP contribution in [0.15, 0.2) is 36.4 Å². The third kappa shape index (κ3) is 3.88. The van der Waals surface area contributed by atoms with E-state index in [-0.39, 0.29) is 18.4 Å².